The summed E-state index contributed by atoms with van der Waals surface area (Å²) in [6.45, 7) is 3.37. The molecule has 0 aromatic rings. The van der Waals surface area contributed by atoms with Crippen molar-refractivity contribution in [3.63, 3.8) is 0 Å². The zero-order valence-electron chi connectivity index (χ0n) is 36.1. The van der Waals surface area contributed by atoms with E-state index in [4.69, 9.17) is 18.9 Å². The van der Waals surface area contributed by atoms with Crippen molar-refractivity contribution >= 4 is 11.9 Å². The molecule has 0 aliphatic carbocycles. The molecule has 1 aliphatic heterocycles. The maximum atomic E-state index is 12.8. The van der Waals surface area contributed by atoms with Gasteiger partial charge in [0.15, 0.2) is 12.4 Å². The molecule has 0 spiro atoms. The van der Waals surface area contributed by atoms with Gasteiger partial charge in [0, 0.05) is 12.8 Å². The van der Waals surface area contributed by atoms with E-state index in [0.717, 1.165) is 51.4 Å². The van der Waals surface area contributed by atoms with E-state index in [0.29, 0.717) is 12.8 Å². The predicted octanol–water partition coefficient (Wildman–Crippen LogP) is 9.89. The Labute approximate surface area is 346 Å². The summed E-state index contributed by atoms with van der Waals surface area (Å²) in [6.07, 6.45) is 35.8. The molecule has 4 N–H and O–H groups in total. The van der Waals surface area contributed by atoms with Gasteiger partial charge in [-0.05, 0) is 70.6 Å². The SMILES string of the molecule is CCCCC/C=C/C/C=C/CCCCCCCCCC(=O)OC[C@@H](CO[C@H]1O[C@@H](CO)[C@@H](O)C(O)C1O)OC(=O)CCCC/C=C/CCCCCCCCCCC. The van der Waals surface area contributed by atoms with Gasteiger partial charge in [0.25, 0.3) is 0 Å². The summed E-state index contributed by atoms with van der Waals surface area (Å²) in [4.78, 5) is 25.3. The number of ether oxygens (including phenoxy) is 4. The summed E-state index contributed by atoms with van der Waals surface area (Å²) in [5.41, 5.74) is 0. The van der Waals surface area contributed by atoms with Crippen LogP contribution in [0.1, 0.15) is 194 Å². The molecule has 10 heteroatoms. The predicted molar refractivity (Wildman–Crippen MR) is 229 cm³/mol. The first-order chi connectivity index (χ1) is 27.8. The molecule has 0 aromatic carbocycles. The molecule has 1 saturated heterocycles. The van der Waals surface area contributed by atoms with Crippen LogP contribution in [0.15, 0.2) is 36.5 Å². The molecule has 1 rings (SSSR count). The second-order valence-electron chi connectivity index (χ2n) is 15.8. The molecule has 0 amide bonds. The molecule has 1 heterocycles. The van der Waals surface area contributed by atoms with Crippen LogP contribution in [0.2, 0.25) is 0 Å². The monoisotopic (exact) mass is 809 g/mol. The Morgan fingerprint density at radius 2 is 0.982 bits per heavy atom. The Bertz CT molecular complexity index is 1030. The third-order valence-corrected chi connectivity index (χ3v) is 10.5. The number of carbonyl (C=O) groups excluding carboxylic acids is 2. The van der Waals surface area contributed by atoms with Crippen molar-refractivity contribution in [1.29, 1.82) is 0 Å². The minimum Gasteiger partial charge on any atom is -0.462 e. The third-order valence-electron chi connectivity index (χ3n) is 10.5. The molecule has 2 unspecified atom stereocenters. The molecule has 1 fully saturated rings. The normalized spacial score (nSPS) is 20.6. The molecule has 0 bridgehead atoms. The lowest BCUT2D eigenvalue weighted by atomic mass is 9.99. The zero-order chi connectivity index (χ0) is 41.6. The first kappa shape index (κ1) is 52.9. The average molecular weight is 809 g/mol. The standard InChI is InChI=1S/C47H84O10/c1-3-5-7-9-11-13-15-17-19-20-22-23-25-27-29-31-33-35-42(49)54-38-40(39-55-47-46(53)45(52)44(51)41(37-48)57-47)56-43(50)36-34-32-30-28-26-24-21-18-16-14-12-10-8-6-4-2/h11,13,17,19,26,28,40-41,44-48,51-53H,3-10,12,14-16,18,20-25,27,29-39H2,1-2H3/b13-11+,19-17+,28-26+/t40-,41-,44+,45?,46?,47-/m0/s1. The fourth-order valence-corrected chi connectivity index (χ4v) is 6.80. The van der Waals surface area contributed by atoms with Crippen LogP contribution < -0.4 is 0 Å². The lowest BCUT2D eigenvalue weighted by molar-refractivity contribution is -0.305. The van der Waals surface area contributed by atoms with Crippen molar-refractivity contribution in [2.75, 3.05) is 19.8 Å². The Morgan fingerprint density at radius 3 is 1.54 bits per heavy atom. The summed E-state index contributed by atoms with van der Waals surface area (Å²) in [5.74, 6) is -0.839. The quantitative estimate of drug-likeness (QED) is 0.0270. The maximum absolute atomic E-state index is 12.8. The fraction of sp³-hybridized carbons (Fsp3) is 0.830. The fourth-order valence-electron chi connectivity index (χ4n) is 6.80. The largest absolute Gasteiger partial charge is 0.462 e. The van der Waals surface area contributed by atoms with E-state index in [2.05, 4.69) is 50.3 Å². The Morgan fingerprint density at radius 1 is 0.544 bits per heavy atom. The highest BCUT2D eigenvalue weighted by molar-refractivity contribution is 5.70. The molecular formula is C47H84O10. The minimum absolute atomic E-state index is 0.199. The summed E-state index contributed by atoms with van der Waals surface area (Å²) in [7, 11) is 0. The maximum Gasteiger partial charge on any atom is 0.306 e. The lowest BCUT2D eigenvalue weighted by Gasteiger charge is -2.39. The number of esters is 2. The van der Waals surface area contributed by atoms with Crippen molar-refractivity contribution < 1.29 is 49.0 Å². The number of allylic oxidation sites excluding steroid dienone is 6. The van der Waals surface area contributed by atoms with Gasteiger partial charge < -0.3 is 39.4 Å². The molecule has 6 atom stereocenters. The minimum atomic E-state index is -1.60. The summed E-state index contributed by atoms with van der Waals surface area (Å²) in [5, 5.41) is 40.1. The highest BCUT2D eigenvalue weighted by Gasteiger charge is 2.44. The van der Waals surface area contributed by atoms with E-state index in [1.165, 1.54) is 103 Å². The van der Waals surface area contributed by atoms with E-state index in [-0.39, 0.29) is 32.0 Å². The average Bonchev–Trinajstić information content (AvgIpc) is 3.21. The first-order valence-electron chi connectivity index (χ1n) is 23.1. The van der Waals surface area contributed by atoms with Crippen LogP contribution >= 0.6 is 0 Å². The second kappa shape index (κ2) is 38.1. The summed E-state index contributed by atoms with van der Waals surface area (Å²) < 4.78 is 22.1. The van der Waals surface area contributed by atoms with Crippen LogP contribution in [0.5, 0.6) is 0 Å². The van der Waals surface area contributed by atoms with Gasteiger partial charge in [-0.1, -0.05) is 147 Å². The van der Waals surface area contributed by atoms with Crippen molar-refractivity contribution in [3.05, 3.63) is 36.5 Å². The Hall–Kier alpha value is -2.08. The van der Waals surface area contributed by atoms with Gasteiger partial charge >= 0.3 is 11.9 Å². The summed E-state index contributed by atoms with van der Waals surface area (Å²) in [6, 6.07) is 0. The number of hydrogen-bond acceptors (Lipinski definition) is 10. The Balaban J connectivity index is 2.33. The smallest absolute Gasteiger partial charge is 0.306 e. The number of hydrogen-bond donors (Lipinski definition) is 4. The van der Waals surface area contributed by atoms with Gasteiger partial charge in [0.1, 0.15) is 31.0 Å². The summed E-state index contributed by atoms with van der Waals surface area (Å²) >= 11 is 0. The number of unbranched alkanes of at least 4 members (excludes halogenated alkanes) is 21. The van der Waals surface area contributed by atoms with Crippen LogP contribution in [0, 0.1) is 0 Å². The van der Waals surface area contributed by atoms with Crippen molar-refractivity contribution in [1.82, 2.24) is 0 Å². The highest BCUT2D eigenvalue weighted by Crippen LogP contribution is 2.22. The zero-order valence-corrected chi connectivity index (χ0v) is 36.1. The molecule has 0 saturated carbocycles. The number of aliphatic hydroxyl groups excluding tert-OH is 4. The van der Waals surface area contributed by atoms with E-state index in [1.807, 2.05) is 0 Å². The van der Waals surface area contributed by atoms with Crippen LogP contribution in [0.3, 0.4) is 0 Å². The van der Waals surface area contributed by atoms with Crippen molar-refractivity contribution in [3.8, 4) is 0 Å². The lowest BCUT2D eigenvalue weighted by Crippen LogP contribution is -2.59. The molecular weight excluding hydrogens is 725 g/mol. The molecule has 1 aliphatic rings. The van der Waals surface area contributed by atoms with Crippen LogP contribution in [-0.2, 0) is 28.5 Å². The van der Waals surface area contributed by atoms with Gasteiger partial charge in [-0.2, -0.15) is 0 Å². The van der Waals surface area contributed by atoms with E-state index in [9.17, 15) is 30.0 Å². The van der Waals surface area contributed by atoms with Gasteiger partial charge in [-0.15, -0.1) is 0 Å². The first-order valence-corrected chi connectivity index (χ1v) is 23.1. The second-order valence-corrected chi connectivity index (χ2v) is 15.8. The highest BCUT2D eigenvalue weighted by atomic mass is 16.7. The van der Waals surface area contributed by atoms with E-state index < -0.39 is 49.4 Å². The number of aliphatic hydroxyl groups is 4. The number of rotatable bonds is 38. The van der Waals surface area contributed by atoms with Crippen LogP contribution in [-0.4, -0.2) is 89.0 Å². The van der Waals surface area contributed by atoms with Crippen LogP contribution in [0.25, 0.3) is 0 Å². The Kier molecular flexibility index (Phi) is 35.4. The number of carbonyl (C=O) groups is 2. The molecule has 0 radical (unpaired) electrons. The van der Waals surface area contributed by atoms with Gasteiger partial charge in [-0.25, -0.2) is 0 Å². The molecule has 10 nitrogen and oxygen atoms in total. The van der Waals surface area contributed by atoms with Crippen LogP contribution in [0.4, 0.5) is 0 Å². The van der Waals surface area contributed by atoms with Gasteiger partial charge in [0.05, 0.1) is 13.2 Å². The topological polar surface area (TPSA) is 152 Å². The van der Waals surface area contributed by atoms with E-state index in [1.54, 1.807) is 0 Å². The van der Waals surface area contributed by atoms with Gasteiger partial charge in [0.2, 0.25) is 0 Å². The molecule has 0 aromatic heterocycles. The van der Waals surface area contributed by atoms with Gasteiger partial charge in [-0.3, -0.25) is 9.59 Å². The third kappa shape index (κ3) is 29.7. The molecule has 57 heavy (non-hydrogen) atoms. The van der Waals surface area contributed by atoms with Crippen molar-refractivity contribution in [2.45, 2.75) is 230 Å². The van der Waals surface area contributed by atoms with E-state index >= 15 is 0 Å². The molecule has 332 valence electrons. The van der Waals surface area contributed by atoms with Crippen molar-refractivity contribution in [2.24, 2.45) is 0 Å².